The molecule has 0 radical (unpaired) electrons. The van der Waals surface area contributed by atoms with Crippen LogP contribution in [0.3, 0.4) is 0 Å². The van der Waals surface area contributed by atoms with Crippen LogP contribution >= 0.6 is 0 Å². The molecule has 0 saturated heterocycles. The molecular weight excluding hydrogens is 464 g/mol. The Morgan fingerprint density at radius 3 is 2.43 bits per heavy atom. The second-order valence-electron chi connectivity index (χ2n) is 9.42. The van der Waals surface area contributed by atoms with Gasteiger partial charge in [-0.1, -0.05) is 55.7 Å². The molecule has 2 aromatic carbocycles. The number of hydrogen-bond acceptors (Lipinski definition) is 5. The maximum atomic E-state index is 13.5. The summed E-state index contributed by atoms with van der Waals surface area (Å²) in [6, 6.07) is 16.0. The third kappa shape index (κ3) is 5.03. The lowest BCUT2D eigenvalue weighted by Crippen LogP contribution is -2.36. The third-order valence-corrected chi connectivity index (χ3v) is 6.88. The van der Waals surface area contributed by atoms with Crippen LogP contribution in [-0.4, -0.2) is 39.8 Å². The lowest BCUT2D eigenvalue weighted by molar-refractivity contribution is 0.0927. The molecule has 37 heavy (non-hydrogen) atoms. The summed E-state index contributed by atoms with van der Waals surface area (Å²) in [6.45, 7) is 6.97. The van der Waals surface area contributed by atoms with Crippen LogP contribution in [0.2, 0.25) is 0 Å². The van der Waals surface area contributed by atoms with Crippen molar-refractivity contribution in [3.05, 3.63) is 66.0 Å². The quantitative estimate of drug-likeness (QED) is 0.312. The summed E-state index contributed by atoms with van der Waals surface area (Å²) in [7, 11) is 0. The Balaban J connectivity index is 1.64. The number of nitrogens with one attached hydrogen (secondary N) is 1. The van der Waals surface area contributed by atoms with Gasteiger partial charge in [0.2, 0.25) is 0 Å². The van der Waals surface area contributed by atoms with Crippen LogP contribution < -0.4 is 14.8 Å². The van der Waals surface area contributed by atoms with Gasteiger partial charge in [0.15, 0.2) is 17.1 Å². The molecule has 0 aliphatic heterocycles. The van der Waals surface area contributed by atoms with Gasteiger partial charge in [-0.2, -0.15) is 5.10 Å². The van der Waals surface area contributed by atoms with E-state index in [2.05, 4.69) is 5.32 Å². The zero-order valence-electron chi connectivity index (χ0n) is 21.8. The Bertz CT molecular complexity index is 1390. The highest BCUT2D eigenvalue weighted by atomic mass is 16.5. The molecular formula is C30H34N4O3. The molecule has 1 amide bonds. The summed E-state index contributed by atoms with van der Waals surface area (Å²) in [6.07, 6.45) is 7.28. The third-order valence-electron chi connectivity index (χ3n) is 6.88. The molecule has 0 atom stereocenters. The molecule has 7 nitrogen and oxygen atoms in total. The van der Waals surface area contributed by atoms with Crippen LogP contribution in [0.25, 0.3) is 28.0 Å². The molecule has 2 aromatic heterocycles. The van der Waals surface area contributed by atoms with Crippen molar-refractivity contribution in [2.75, 3.05) is 13.2 Å². The molecule has 7 heteroatoms. The maximum Gasteiger partial charge on any atom is 0.255 e. The number of benzene rings is 2. The van der Waals surface area contributed by atoms with Crippen LogP contribution in [0, 0.1) is 6.92 Å². The molecule has 0 bridgehead atoms. The first kappa shape index (κ1) is 24.8. The molecule has 5 rings (SSSR count). The van der Waals surface area contributed by atoms with Crippen LogP contribution in [0.4, 0.5) is 0 Å². The summed E-state index contributed by atoms with van der Waals surface area (Å²) in [5.74, 6) is 1.30. The van der Waals surface area contributed by atoms with Gasteiger partial charge in [0, 0.05) is 23.4 Å². The first-order valence-electron chi connectivity index (χ1n) is 13.2. The Morgan fingerprint density at radius 1 is 0.973 bits per heavy atom. The Hall–Kier alpha value is -3.87. The number of hydrogen-bond donors (Lipinski definition) is 1. The first-order valence-corrected chi connectivity index (χ1v) is 13.2. The normalized spacial score (nSPS) is 14.0. The summed E-state index contributed by atoms with van der Waals surface area (Å²) in [4.78, 5) is 18.3. The van der Waals surface area contributed by atoms with Gasteiger partial charge < -0.3 is 14.8 Å². The number of ether oxygens (including phenoxy) is 2. The molecule has 0 unspecified atom stereocenters. The van der Waals surface area contributed by atoms with Gasteiger partial charge in [-0.3, -0.25) is 4.79 Å². The minimum absolute atomic E-state index is 0.102. The van der Waals surface area contributed by atoms with Crippen LogP contribution in [-0.2, 0) is 0 Å². The van der Waals surface area contributed by atoms with Crippen molar-refractivity contribution < 1.29 is 14.3 Å². The molecule has 1 aliphatic rings. The predicted molar refractivity (Wildman–Crippen MR) is 145 cm³/mol. The fourth-order valence-electron chi connectivity index (χ4n) is 5.19. The lowest BCUT2D eigenvalue weighted by Gasteiger charge is -2.23. The van der Waals surface area contributed by atoms with Crippen molar-refractivity contribution in [2.24, 2.45) is 0 Å². The van der Waals surface area contributed by atoms with E-state index in [-0.39, 0.29) is 11.9 Å². The van der Waals surface area contributed by atoms with Gasteiger partial charge in [0.25, 0.3) is 5.91 Å². The number of rotatable bonds is 8. The molecule has 4 aromatic rings. The highest BCUT2D eigenvalue weighted by Gasteiger charge is 2.24. The maximum absolute atomic E-state index is 13.5. The van der Waals surface area contributed by atoms with Crippen molar-refractivity contribution in [1.82, 2.24) is 19.9 Å². The highest BCUT2D eigenvalue weighted by molar-refractivity contribution is 6.01. The summed E-state index contributed by atoms with van der Waals surface area (Å²) in [5, 5.41) is 8.14. The number of nitrogens with zero attached hydrogens (tertiary/aromatic N) is 3. The van der Waals surface area contributed by atoms with Crippen LogP contribution in [0.15, 0.2) is 54.7 Å². The van der Waals surface area contributed by atoms with E-state index in [4.69, 9.17) is 19.6 Å². The van der Waals surface area contributed by atoms with Gasteiger partial charge in [0.05, 0.1) is 30.2 Å². The molecule has 1 aliphatic carbocycles. The SMILES string of the molecule is CCOc1ccc(-c2c(C)nn3c(-c4ccccc4)c(C(=O)NC4CCCCC4)cnc23)cc1OCC. The zero-order chi connectivity index (χ0) is 25.8. The summed E-state index contributed by atoms with van der Waals surface area (Å²) >= 11 is 0. The number of aryl methyl sites for hydroxylation is 1. The van der Waals surface area contributed by atoms with E-state index in [0.717, 1.165) is 53.8 Å². The van der Waals surface area contributed by atoms with E-state index in [1.54, 1.807) is 6.20 Å². The highest BCUT2D eigenvalue weighted by Crippen LogP contribution is 2.37. The Morgan fingerprint density at radius 2 is 1.70 bits per heavy atom. The monoisotopic (exact) mass is 498 g/mol. The van der Waals surface area contributed by atoms with E-state index in [9.17, 15) is 4.79 Å². The van der Waals surface area contributed by atoms with Crippen molar-refractivity contribution in [3.8, 4) is 33.9 Å². The first-order chi connectivity index (χ1) is 18.1. The van der Waals surface area contributed by atoms with Crippen molar-refractivity contribution in [1.29, 1.82) is 0 Å². The zero-order valence-corrected chi connectivity index (χ0v) is 21.8. The van der Waals surface area contributed by atoms with Crippen LogP contribution in [0.5, 0.6) is 11.5 Å². The van der Waals surface area contributed by atoms with E-state index in [0.29, 0.717) is 35.9 Å². The lowest BCUT2D eigenvalue weighted by atomic mass is 9.95. The van der Waals surface area contributed by atoms with E-state index in [1.165, 1.54) is 6.42 Å². The molecule has 1 fully saturated rings. The van der Waals surface area contributed by atoms with Gasteiger partial charge in [-0.15, -0.1) is 0 Å². The second-order valence-corrected chi connectivity index (χ2v) is 9.42. The van der Waals surface area contributed by atoms with Gasteiger partial charge in [0.1, 0.15) is 0 Å². The number of fused-ring (bicyclic) bond motifs is 1. The average molecular weight is 499 g/mol. The van der Waals surface area contributed by atoms with Crippen molar-refractivity contribution in [3.63, 3.8) is 0 Å². The number of amides is 1. The minimum atomic E-state index is -0.102. The van der Waals surface area contributed by atoms with Crippen molar-refractivity contribution in [2.45, 2.75) is 58.9 Å². The summed E-state index contributed by atoms with van der Waals surface area (Å²) in [5.41, 5.74) is 5.53. The Kier molecular flexibility index (Phi) is 7.40. The molecule has 0 spiro atoms. The number of carbonyl (C=O) groups excluding carboxylic acids is 1. The van der Waals surface area contributed by atoms with Crippen molar-refractivity contribution >= 4 is 11.6 Å². The number of carbonyl (C=O) groups is 1. The van der Waals surface area contributed by atoms with Gasteiger partial charge >= 0.3 is 0 Å². The van der Waals surface area contributed by atoms with Gasteiger partial charge in [-0.25, -0.2) is 9.50 Å². The largest absolute Gasteiger partial charge is 0.490 e. The summed E-state index contributed by atoms with van der Waals surface area (Å²) < 4.78 is 13.4. The minimum Gasteiger partial charge on any atom is -0.490 e. The van der Waals surface area contributed by atoms with E-state index in [1.807, 2.05) is 73.8 Å². The van der Waals surface area contributed by atoms with Crippen LogP contribution in [0.1, 0.15) is 62.0 Å². The molecule has 192 valence electrons. The smallest absolute Gasteiger partial charge is 0.255 e. The van der Waals surface area contributed by atoms with Gasteiger partial charge in [-0.05, 0) is 51.3 Å². The molecule has 1 saturated carbocycles. The standard InChI is InChI=1S/C30H34N4O3/c1-4-36-25-17-16-22(18-26(25)37-5-2)27-20(3)33-34-28(21-12-8-6-9-13-21)24(19-31-29(27)34)30(35)32-23-14-10-7-11-15-23/h6,8-9,12-13,16-19,23H,4-5,7,10-11,14-15H2,1-3H3,(H,32,35). The predicted octanol–water partition coefficient (Wildman–Crippen LogP) is 6.23. The topological polar surface area (TPSA) is 77.8 Å². The fraction of sp³-hybridized carbons (Fsp3) is 0.367. The van der Waals surface area contributed by atoms with E-state index < -0.39 is 0 Å². The molecule has 2 heterocycles. The number of aromatic nitrogens is 3. The Labute approximate surface area is 217 Å². The molecule has 1 N–H and O–H groups in total. The average Bonchev–Trinajstić information content (AvgIpc) is 3.26. The van der Waals surface area contributed by atoms with E-state index >= 15 is 0 Å². The fourth-order valence-corrected chi connectivity index (χ4v) is 5.19. The second kappa shape index (κ2) is 11.0.